The lowest BCUT2D eigenvalue weighted by Gasteiger charge is -2.16. The zero-order chi connectivity index (χ0) is 19.1. The molecule has 1 atom stereocenters. The Kier molecular flexibility index (Phi) is 3.79. The van der Waals surface area contributed by atoms with Crippen molar-refractivity contribution >= 4 is 22.2 Å². The monoisotopic (exact) mass is 370 g/mol. The zero-order valence-electron chi connectivity index (χ0n) is 15.0. The van der Waals surface area contributed by atoms with Crippen LogP contribution in [0.5, 0.6) is 0 Å². The van der Waals surface area contributed by atoms with Crippen LogP contribution in [0.4, 0.5) is 4.39 Å². The molecule has 1 unspecified atom stereocenters. The van der Waals surface area contributed by atoms with Gasteiger partial charge in [0.05, 0.1) is 29.8 Å². The molecule has 0 saturated carbocycles. The fourth-order valence-electron chi connectivity index (χ4n) is 3.34. The highest BCUT2D eigenvalue weighted by atomic mass is 19.1. The first kappa shape index (κ1) is 16.4. The Bertz CT molecular complexity index is 1300. The number of benzene rings is 1. The van der Waals surface area contributed by atoms with Gasteiger partial charge in [0.1, 0.15) is 5.82 Å². The van der Waals surface area contributed by atoms with Crippen molar-refractivity contribution in [3.8, 4) is 11.3 Å². The van der Waals surface area contributed by atoms with Gasteiger partial charge in [-0.1, -0.05) is 6.07 Å². The second kappa shape index (κ2) is 6.45. The highest BCUT2D eigenvalue weighted by Gasteiger charge is 2.18. The number of pyridine rings is 2. The minimum absolute atomic E-state index is 0.307. The number of rotatable bonds is 3. The number of fused-ring (bicyclic) bond motifs is 2. The van der Waals surface area contributed by atoms with Crippen LogP contribution in [0.1, 0.15) is 18.5 Å². The molecule has 1 aromatic carbocycles. The lowest BCUT2D eigenvalue weighted by Crippen LogP contribution is -2.09. The van der Waals surface area contributed by atoms with Crippen LogP contribution in [0.25, 0.3) is 33.5 Å². The van der Waals surface area contributed by atoms with Gasteiger partial charge in [0, 0.05) is 41.2 Å². The molecule has 0 spiro atoms. The summed E-state index contributed by atoms with van der Waals surface area (Å²) in [6.07, 6.45) is 8.41. The average Bonchev–Trinajstić information content (AvgIpc) is 3.16. The van der Waals surface area contributed by atoms with Crippen molar-refractivity contribution in [3.63, 3.8) is 0 Å². The Balaban J connectivity index is 1.64. The molecule has 0 bridgehead atoms. The Morgan fingerprint density at radius 1 is 1.00 bits per heavy atom. The summed E-state index contributed by atoms with van der Waals surface area (Å²) in [4.78, 5) is 21.7. The maximum Gasteiger partial charge on any atom is 0.197 e. The molecule has 28 heavy (non-hydrogen) atoms. The third-order valence-corrected chi connectivity index (χ3v) is 4.85. The smallest absolute Gasteiger partial charge is 0.197 e. The number of halogens is 1. The fraction of sp³-hybridized carbons (Fsp3) is 0.0952. The largest absolute Gasteiger partial charge is 0.306 e. The van der Waals surface area contributed by atoms with Gasteiger partial charge in [0.2, 0.25) is 0 Å². The van der Waals surface area contributed by atoms with E-state index in [2.05, 4.69) is 19.9 Å². The minimum atomic E-state index is -0.309. The van der Waals surface area contributed by atoms with Crippen molar-refractivity contribution in [1.29, 1.82) is 0 Å². The van der Waals surface area contributed by atoms with Crippen molar-refractivity contribution in [2.24, 2.45) is 0 Å². The summed E-state index contributed by atoms with van der Waals surface area (Å²) in [5, 5.41) is 0.888. The molecule has 0 aliphatic heterocycles. The maximum atomic E-state index is 14.8. The summed E-state index contributed by atoms with van der Waals surface area (Å²) in [5.41, 5.74) is 3.93. The SMILES string of the molecule is CC(c1cc2cccnc2cc1F)n1cnc2ncc(-c3ccncc3)nc21. The van der Waals surface area contributed by atoms with E-state index in [4.69, 9.17) is 4.98 Å². The van der Waals surface area contributed by atoms with E-state index in [1.807, 2.05) is 41.8 Å². The lowest BCUT2D eigenvalue weighted by molar-refractivity contribution is 0.564. The molecule has 0 saturated heterocycles. The van der Waals surface area contributed by atoms with Crippen LogP contribution in [0.3, 0.4) is 0 Å². The highest BCUT2D eigenvalue weighted by Crippen LogP contribution is 2.28. The van der Waals surface area contributed by atoms with Crippen molar-refractivity contribution in [2.75, 3.05) is 0 Å². The molecule has 0 N–H and O–H groups in total. The molecule has 4 aromatic heterocycles. The van der Waals surface area contributed by atoms with E-state index in [1.165, 1.54) is 6.07 Å². The van der Waals surface area contributed by atoms with E-state index in [0.29, 0.717) is 28.1 Å². The first-order valence-electron chi connectivity index (χ1n) is 8.85. The van der Waals surface area contributed by atoms with Gasteiger partial charge in [-0.05, 0) is 31.2 Å². The summed E-state index contributed by atoms with van der Waals surface area (Å²) >= 11 is 0. The quantitative estimate of drug-likeness (QED) is 0.476. The van der Waals surface area contributed by atoms with Gasteiger partial charge >= 0.3 is 0 Å². The van der Waals surface area contributed by atoms with Crippen LogP contribution in [0.2, 0.25) is 0 Å². The van der Waals surface area contributed by atoms with Crippen LogP contribution in [0, 0.1) is 5.82 Å². The molecule has 6 nitrogen and oxygen atoms in total. The number of aromatic nitrogens is 6. The first-order valence-corrected chi connectivity index (χ1v) is 8.85. The van der Waals surface area contributed by atoms with Gasteiger partial charge in [0.15, 0.2) is 11.3 Å². The summed E-state index contributed by atoms with van der Waals surface area (Å²) in [5.74, 6) is -0.307. The predicted octanol–water partition coefficient (Wildman–Crippen LogP) is 4.18. The van der Waals surface area contributed by atoms with Crippen molar-refractivity contribution in [1.82, 2.24) is 29.5 Å². The summed E-state index contributed by atoms with van der Waals surface area (Å²) in [7, 11) is 0. The summed E-state index contributed by atoms with van der Waals surface area (Å²) in [6.45, 7) is 1.92. The lowest BCUT2D eigenvalue weighted by atomic mass is 10.0. The Hall–Kier alpha value is -3.74. The van der Waals surface area contributed by atoms with Crippen LogP contribution in [-0.4, -0.2) is 29.5 Å². The molecule has 0 aliphatic rings. The van der Waals surface area contributed by atoms with Crippen molar-refractivity contribution in [3.05, 3.63) is 78.9 Å². The van der Waals surface area contributed by atoms with Crippen molar-refractivity contribution in [2.45, 2.75) is 13.0 Å². The van der Waals surface area contributed by atoms with Gasteiger partial charge in [-0.15, -0.1) is 0 Å². The second-order valence-electron chi connectivity index (χ2n) is 6.54. The molecule has 5 rings (SSSR count). The third kappa shape index (κ3) is 2.68. The molecular formula is C21H15FN6. The standard InChI is InChI=1S/C21H15FN6/c1-13(16-9-15-3-2-6-24-18(15)10-17(16)22)28-12-26-20-21(28)27-19(11-25-20)14-4-7-23-8-5-14/h2-13H,1H3. The molecular weight excluding hydrogens is 355 g/mol. The van der Waals surface area contributed by atoms with Crippen molar-refractivity contribution < 1.29 is 4.39 Å². The van der Waals surface area contributed by atoms with Gasteiger partial charge in [-0.3, -0.25) is 9.97 Å². The number of hydrogen-bond donors (Lipinski definition) is 0. The molecule has 0 fully saturated rings. The number of imidazole rings is 1. The van der Waals surface area contributed by atoms with E-state index < -0.39 is 0 Å². The van der Waals surface area contributed by atoms with E-state index >= 15 is 0 Å². The molecule has 7 heteroatoms. The van der Waals surface area contributed by atoms with Gasteiger partial charge in [-0.2, -0.15) is 0 Å². The van der Waals surface area contributed by atoms with E-state index in [9.17, 15) is 4.39 Å². The van der Waals surface area contributed by atoms with Gasteiger partial charge in [0.25, 0.3) is 0 Å². The molecule has 136 valence electrons. The molecule has 0 aliphatic carbocycles. The molecule has 5 aromatic rings. The number of nitrogens with zero attached hydrogens (tertiary/aromatic N) is 6. The average molecular weight is 370 g/mol. The molecule has 0 radical (unpaired) electrons. The predicted molar refractivity (Wildman–Crippen MR) is 104 cm³/mol. The Morgan fingerprint density at radius 3 is 2.71 bits per heavy atom. The first-order chi connectivity index (χ1) is 13.7. The van der Waals surface area contributed by atoms with Crippen LogP contribution < -0.4 is 0 Å². The Labute approximate surface area is 159 Å². The van der Waals surface area contributed by atoms with Crippen LogP contribution in [0.15, 0.2) is 67.5 Å². The van der Waals surface area contributed by atoms with Gasteiger partial charge in [-0.25, -0.2) is 19.3 Å². The molecule has 0 amide bonds. The van der Waals surface area contributed by atoms with Crippen LogP contribution in [-0.2, 0) is 0 Å². The summed E-state index contributed by atoms with van der Waals surface area (Å²) in [6, 6.07) is 10.5. The minimum Gasteiger partial charge on any atom is -0.306 e. The maximum absolute atomic E-state index is 14.8. The molecule has 4 heterocycles. The Morgan fingerprint density at radius 2 is 1.86 bits per heavy atom. The third-order valence-electron chi connectivity index (χ3n) is 4.85. The summed E-state index contributed by atoms with van der Waals surface area (Å²) < 4.78 is 16.6. The number of hydrogen-bond acceptors (Lipinski definition) is 5. The van der Waals surface area contributed by atoms with E-state index in [1.54, 1.807) is 31.1 Å². The van der Waals surface area contributed by atoms with Crippen LogP contribution >= 0.6 is 0 Å². The van der Waals surface area contributed by atoms with E-state index in [-0.39, 0.29) is 11.9 Å². The normalized spacial score (nSPS) is 12.5. The zero-order valence-corrected chi connectivity index (χ0v) is 15.0. The van der Waals surface area contributed by atoms with Gasteiger partial charge < -0.3 is 4.57 Å². The second-order valence-corrected chi connectivity index (χ2v) is 6.54. The topological polar surface area (TPSA) is 69.4 Å². The fourth-order valence-corrected chi connectivity index (χ4v) is 3.34. The highest BCUT2D eigenvalue weighted by molar-refractivity contribution is 5.79. The van der Waals surface area contributed by atoms with E-state index in [0.717, 1.165) is 10.9 Å².